The lowest BCUT2D eigenvalue weighted by atomic mass is 10.3. The molecule has 0 spiro atoms. The molecular formula is C5H6N2O2S. The molecular weight excluding hydrogens is 152 g/mol. The van der Waals surface area contributed by atoms with Gasteiger partial charge in [0.05, 0.1) is 7.11 Å². The molecule has 4 nitrogen and oxygen atoms in total. The van der Waals surface area contributed by atoms with Gasteiger partial charge in [0.15, 0.2) is 10.7 Å². The van der Waals surface area contributed by atoms with Crippen molar-refractivity contribution in [2.45, 2.75) is 0 Å². The smallest absolute Gasteiger partial charge is 0.263 e. The van der Waals surface area contributed by atoms with Crippen LogP contribution in [0.15, 0.2) is 10.7 Å². The number of nitrogens with zero attached hydrogens (tertiary/aromatic N) is 1. The van der Waals surface area contributed by atoms with Crippen molar-refractivity contribution in [1.82, 2.24) is 0 Å². The SMILES string of the molecule is COC(S)=C(C#N)C(N)=O. The lowest BCUT2D eigenvalue weighted by molar-refractivity contribution is -0.114. The highest BCUT2D eigenvalue weighted by Crippen LogP contribution is 2.07. The van der Waals surface area contributed by atoms with Gasteiger partial charge in [0.25, 0.3) is 5.91 Å². The topological polar surface area (TPSA) is 76.1 Å². The van der Waals surface area contributed by atoms with E-state index >= 15 is 0 Å². The minimum atomic E-state index is -0.839. The number of carbonyl (C=O) groups is 1. The van der Waals surface area contributed by atoms with E-state index in [-0.39, 0.29) is 10.7 Å². The number of nitrogens with two attached hydrogens (primary N) is 1. The Bertz CT molecular complexity index is 216. The van der Waals surface area contributed by atoms with E-state index < -0.39 is 5.91 Å². The van der Waals surface area contributed by atoms with Crippen LogP contribution >= 0.6 is 12.6 Å². The van der Waals surface area contributed by atoms with Crippen LogP contribution in [-0.4, -0.2) is 13.0 Å². The quantitative estimate of drug-likeness (QED) is 0.252. The van der Waals surface area contributed by atoms with Gasteiger partial charge in [-0.05, 0) is 0 Å². The Morgan fingerprint density at radius 3 is 2.40 bits per heavy atom. The molecule has 0 aromatic rings. The second-order valence-electron chi connectivity index (χ2n) is 1.36. The summed E-state index contributed by atoms with van der Waals surface area (Å²) in [5.41, 5.74) is 4.50. The van der Waals surface area contributed by atoms with E-state index in [1.54, 1.807) is 6.07 Å². The first-order valence-corrected chi connectivity index (χ1v) is 2.75. The highest BCUT2D eigenvalue weighted by atomic mass is 32.1. The number of ether oxygens (including phenoxy) is 1. The molecule has 54 valence electrons. The van der Waals surface area contributed by atoms with Crippen molar-refractivity contribution in [1.29, 1.82) is 5.26 Å². The zero-order valence-corrected chi connectivity index (χ0v) is 6.18. The maximum atomic E-state index is 10.3. The highest BCUT2D eigenvalue weighted by Gasteiger charge is 2.08. The number of hydrogen-bond acceptors (Lipinski definition) is 4. The van der Waals surface area contributed by atoms with Crippen LogP contribution in [-0.2, 0) is 9.53 Å². The van der Waals surface area contributed by atoms with Gasteiger partial charge >= 0.3 is 0 Å². The summed E-state index contributed by atoms with van der Waals surface area (Å²) in [6.07, 6.45) is 0. The van der Waals surface area contributed by atoms with Crippen molar-refractivity contribution >= 4 is 18.5 Å². The summed E-state index contributed by atoms with van der Waals surface area (Å²) in [6.45, 7) is 0. The van der Waals surface area contributed by atoms with Gasteiger partial charge in [-0.15, -0.1) is 12.6 Å². The van der Waals surface area contributed by atoms with E-state index in [4.69, 9.17) is 11.0 Å². The molecule has 5 heteroatoms. The third-order valence-electron chi connectivity index (χ3n) is 0.765. The molecule has 0 fully saturated rings. The monoisotopic (exact) mass is 158 g/mol. The zero-order chi connectivity index (χ0) is 8.15. The van der Waals surface area contributed by atoms with E-state index in [0.29, 0.717) is 0 Å². The molecule has 0 aliphatic heterocycles. The fraction of sp³-hybridized carbons (Fsp3) is 0.200. The van der Waals surface area contributed by atoms with Crippen LogP contribution in [0.25, 0.3) is 0 Å². The standard InChI is InChI=1S/C5H6N2O2S/c1-9-5(10)3(2-6)4(7)8/h10H,1H3,(H2,7,8). The second-order valence-corrected chi connectivity index (χ2v) is 1.77. The van der Waals surface area contributed by atoms with Gasteiger partial charge < -0.3 is 10.5 Å². The Hall–Kier alpha value is -1.15. The Morgan fingerprint density at radius 2 is 2.30 bits per heavy atom. The molecule has 0 rings (SSSR count). The maximum Gasteiger partial charge on any atom is 0.263 e. The highest BCUT2D eigenvalue weighted by molar-refractivity contribution is 7.84. The number of thiol groups is 1. The molecule has 10 heavy (non-hydrogen) atoms. The Balaban J connectivity index is 4.68. The number of primary amides is 1. The molecule has 1 amide bonds. The zero-order valence-electron chi connectivity index (χ0n) is 5.29. The van der Waals surface area contributed by atoms with Crippen molar-refractivity contribution < 1.29 is 9.53 Å². The summed E-state index contributed by atoms with van der Waals surface area (Å²) in [7, 11) is 1.29. The average molecular weight is 158 g/mol. The number of amides is 1. The van der Waals surface area contributed by atoms with E-state index in [1.165, 1.54) is 7.11 Å². The molecule has 0 aliphatic rings. The lowest BCUT2D eigenvalue weighted by Crippen LogP contribution is -2.14. The van der Waals surface area contributed by atoms with E-state index in [0.717, 1.165) is 0 Å². The number of carbonyl (C=O) groups excluding carboxylic acids is 1. The predicted molar refractivity (Wildman–Crippen MR) is 37.8 cm³/mol. The molecule has 0 aromatic carbocycles. The minimum absolute atomic E-state index is 0.0602. The predicted octanol–water partition coefficient (Wildman–Crippen LogP) is -0.217. The van der Waals surface area contributed by atoms with Gasteiger partial charge in [-0.2, -0.15) is 5.26 Å². The first-order valence-electron chi connectivity index (χ1n) is 2.30. The number of rotatable bonds is 2. The molecule has 0 atom stereocenters. The minimum Gasteiger partial charge on any atom is -0.489 e. The number of nitriles is 1. The fourth-order valence-electron chi connectivity index (χ4n) is 0.310. The summed E-state index contributed by atoms with van der Waals surface area (Å²) < 4.78 is 4.48. The van der Waals surface area contributed by atoms with Gasteiger partial charge in [0.1, 0.15) is 6.07 Å². The molecule has 0 saturated heterocycles. The molecule has 2 N–H and O–H groups in total. The van der Waals surface area contributed by atoms with Crippen LogP contribution in [0.4, 0.5) is 0 Å². The molecule has 0 aromatic heterocycles. The molecule has 0 unspecified atom stereocenters. The van der Waals surface area contributed by atoms with Gasteiger partial charge in [-0.1, -0.05) is 0 Å². The Morgan fingerprint density at radius 1 is 1.80 bits per heavy atom. The molecule has 0 saturated carbocycles. The average Bonchev–Trinajstić information content (AvgIpc) is 1.88. The van der Waals surface area contributed by atoms with Crippen molar-refractivity contribution in [2.24, 2.45) is 5.73 Å². The van der Waals surface area contributed by atoms with Crippen LogP contribution in [0.3, 0.4) is 0 Å². The van der Waals surface area contributed by atoms with Crippen LogP contribution in [0.5, 0.6) is 0 Å². The van der Waals surface area contributed by atoms with E-state index in [1.807, 2.05) is 0 Å². The van der Waals surface area contributed by atoms with Crippen molar-refractivity contribution in [3.05, 3.63) is 10.7 Å². The summed E-state index contributed by atoms with van der Waals surface area (Å²) in [4.78, 5) is 10.3. The van der Waals surface area contributed by atoms with Crippen LogP contribution in [0.1, 0.15) is 0 Å². The van der Waals surface area contributed by atoms with Gasteiger partial charge in [-0.25, -0.2) is 0 Å². The normalized spacial score (nSPS) is 11.3. The molecule has 0 radical (unpaired) electrons. The van der Waals surface area contributed by atoms with Crippen LogP contribution in [0.2, 0.25) is 0 Å². The van der Waals surface area contributed by atoms with Crippen LogP contribution < -0.4 is 5.73 Å². The third kappa shape index (κ3) is 1.99. The molecule has 0 aliphatic carbocycles. The van der Waals surface area contributed by atoms with Gasteiger partial charge in [-0.3, -0.25) is 4.79 Å². The number of methoxy groups -OCH3 is 1. The summed E-state index contributed by atoms with van der Waals surface area (Å²) in [6, 6.07) is 1.56. The third-order valence-corrected chi connectivity index (χ3v) is 1.17. The Kier molecular flexibility index (Phi) is 3.36. The largest absolute Gasteiger partial charge is 0.489 e. The summed E-state index contributed by atoms with van der Waals surface area (Å²) in [5, 5.41) is 8.20. The summed E-state index contributed by atoms with van der Waals surface area (Å²) in [5.74, 6) is -0.839. The van der Waals surface area contributed by atoms with Gasteiger partial charge in [0.2, 0.25) is 0 Å². The van der Waals surface area contributed by atoms with E-state index in [9.17, 15) is 4.79 Å². The van der Waals surface area contributed by atoms with E-state index in [2.05, 4.69) is 17.4 Å². The first-order chi connectivity index (χ1) is 4.63. The Labute approximate surface area is 63.7 Å². The lowest BCUT2D eigenvalue weighted by Gasteiger charge is -1.97. The maximum absolute atomic E-state index is 10.3. The van der Waals surface area contributed by atoms with Crippen molar-refractivity contribution in [3.8, 4) is 6.07 Å². The fourth-order valence-corrected chi connectivity index (χ4v) is 0.471. The second kappa shape index (κ2) is 3.80. The van der Waals surface area contributed by atoms with Gasteiger partial charge in [0, 0.05) is 0 Å². The number of hydrogen-bond donors (Lipinski definition) is 2. The molecule has 0 heterocycles. The first kappa shape index (κ1) is 8.85. The molecule has 0 bridgehead atoms. The van der Waals surface area contributed by atoms with Crippen molar-refractivity contribution in [2.75, 3.05) is 7.11 Å². The van der Waals surface area contributed by atoms with Crippen molar-refractivity contribution in [3.63, 3.8) is 0 Å². The van der Waals surface area contributed by atoms with Crippen LogP contribution in [0, 0.1) is 11.3 Å². The summed E-state index contributed by atoms with van der Waals surface area (Å²) >= 11 is 3.68.